The predicted octanol–water partition coefficient (Wildman–Crippen LogP) is 18.5. The van der Waals surface area contributed by atoms with E-state index in [-0.39, 0.29) is 18.5 Å². The molecule has 0 aromatic rings. The largest absolute Gasteiger partial charge is 0.466 e. The number of amides is 1. The molecule has 6 heteroatoms. The molecule has 0 saturated carbocycles. The smallest absolute Gasteiger partial charge is 0.305 e. The van der Waals surface area contributed by atoms with Crippen LogP contribution in [0.4, 0.5) is 0 Å². The molecule has 2 unspecified atom stereocenters. The first kappa shape index (κ1) is 64.6. The van der Waals surface area contributed by atoms with E-state index >= 15 is 0 Å². The molecule has 3 N–H and O–H groups in total. The molecule has 392 valence electrons. The first-order valence-electron chi connectivity index (χ1n) is 30.0. The number of esters is 1. The highest BCUT2D eigenvalue weighted by Gasteiger charge is 2.18. The first-order valence-corrected chi connectivity index (χ1v) is 30.0. The van der Waals surface area contributed by atoms with Crippen molar-refractivity contribution in [3.8, 4) is 0 Å². The number of carbonyl (C=O) groups is 2. The number of aliphatic hydroxyl groups is 2. The van der Waals surface area contributed by atoms with E-state index in [2.05, 4.69) is 19.2 Å². The number of nitrogens with one attached hydrogen (secondary N) is 1. The maximum Gasteiger partial charge on any atom is 0.305 e. The molecule has 0 aromatic heterocycles. The minimum absolute atomic E-state index is 0.00750. The van der Waals surface area contributed by atoms with Gasteiger partial charge in [-0.3, -0.25) is 9.59 Å². The second-order valence-corrected chi connectivity index (χ2v) is 20.7. The van der Waals surface area contributed by atoms with E-state index in [0.717, 1.165) is 57.8 Å². The predicted molar refractivity (Wildman–Crippen MR) is 287 cm³/mol. The average molecular weight is 933 g/mol. The minimum atomic E-state index is -0.855. The Bertz CT molecular complexity index is 986. The Morgan fingerprint density at radius 2 is 0.697 bits per heavy atom. The standard InChI is InChI=1S/C60H117NO5/c1-3-5-7-9-11-13-15-17-19-20-21-22-23-24-25-26-27-28-32-36-40-44-48-52-58(63)57(56-62)61-59(64)53-49-45-41-37-33-30-31-35-39-43-47-51-55-66-60(65)54-50-46-42-38-34-29-18-16-14-12-10-8-6-4-2/h48,52,57-58,62-63H,3-47,49-51,53-56H2,1-2H3,(H,61,64)/b52-48+. The lowest BCUT2D eigenvalue weighted by molar-refractivity contribution is -0.143. The van der Waals surface area contributed by atoms with Crippen LogP contribution in [0.25, 0.3) is 0 Å². The summed E-state index contributed by atoms with van der Waals surface area (Å²) in [5, 5.41) is 23.2. The number of carbonyl (C=O) groups excluding carboxylic acids is 2. The molecule has 0 aromatic carbocycles. The summed E-state index contributed by atoms with van der Waals surface area (Å²) in [5.74, 6) is -0.0869. The van der Waals surface area contributed by atoms with E-state index in [9.17, 15) is 19.8 Å². The van der Waals surface area contributed by atoms with Crippen molar-refractivity contribution in [1.82, 2.24) is 5.32 Å². The van der Waals surface area contributed by atoms with E-state index in [1.54, 1.807) is 6.08 Å². The minimum Gasteiger partial charge on any atom is -0.466 e. The second-order valence-electron chi connectivity index (χ2n) is 20.7. The number of rotatable bonds is 56. The van der Waals surface area contributed by atoms with Crippen molar-refractivity contribution in [1.29, 1.82) is 0 Å². The summed E-state index contributed by atoms with van der Waals surface area (Å²) in [6.07, 6.45) is 66.6. The van der Waals surface area contributed by atoms with Crippen molar-refractivity contribution in [2.75, 3.05) is 13.2 Å². The first-order chi connectivity index (χ1) is 32.5. The van der Waals surface area contributed by atoms with Crippen LogP contribution in [0.1, 0.15) is 335 Å². The summed E-state index contributed by atoms with van der Waals surface area (Å²) in [6, 6.07) is -0.639. The van der Waals surface area contributed by atoms with Crippen LogP contribution in [0, 0.1) is 0 Å². The van der Waals surface area contributed by atoms with Crippen LogP contribution < -0.4 is 5.32 Å². The van der Waals surface area contributed by atoms with E-state index < -0.39 is 12.1 Å². The maximum absolute atomic E-state index is 12.5. The van der Waals surface area contributed by atoms with Crippen molar-refractivity contribution >= 4 is 11.9 Å². The molecular weight excluding hydrogens is 815 g/mol. The Hall–Kier alpha value is -1.40. The van der Waals surface area contributed by atoms with Gasteiger partial charge in [-0.25, -0.2) is 0 Å². The molecule has 0 radical (unpaired) electrons. The Morgan fingerprint density at radius 3 is 1.03 bits per heavy atom. The highest BCUT2D eigenvalue weighted by molar-refractivity contribution is 5.76. The van der Waals surface area contributed by atoms with Crippen LogP contribution in [-0.4, -0.2) is 47.4 Å². The number of unbranched alkanes of at least 4 members (excludes halogenated alkanes) is 45. The SMILES string of the molecule is CCCCCCCCCCCCCCCCCCCCCCC/C=C/C(O)C(CO)NC(=O)CCCCCCCCCCCCCCOC(=O)CCCCCCCCCCCCCCCC. The Labute approximate surface area is 412 Å². The van der Waals surface area contributed by atoms with Gasteiger partial charge in [0.2, 0.25) is 5.91 Å². The number of hydrogen-bond acceptors (Lipinski definition) is 5. The third kappa shape index (κ3) is 52.0. The van der Waals surface area contributed by atoms with Gasteiger partial charge in [-0.2, -0.15) is 0 Å². The van der Waals surface area contributed by atoms with Crippen molar-refractivity contribution in [3.63, 3.8) is 0 Å². The zero-order chi connectivity index (χ0) is 47.9. The third-order valence-electron chi connectivity index (χ3n) is 14.1. The van der Waals surface area contributed by atoms with Crippen molar-refractivity contribution in [2.45, 2.75) is 347 Å². The topological polar surface area (TPSA) is 95.9 Å². The van der Waals surface area contributed by atoms with Crippen LogP contribution in [-0.2, 0) is 14.3 Å². The maximum atomic E-state index is 12.5. The van der Waals surface area contributed by atoms with E-state index in [4.69, 9.17) is 4.74 Å². The van der Waals surface area contributed by atoms with Crippen molar-refractivity contribution in [3.05, 3.63) is 12.2 Å². The van der Waals surface area contributed by atoms with Gasteiger partial charge in [-0.15, -0.1) is 0 Å². The molecule has 0 aliphatic rings. The second kappa shape index (κ2) is 56.2. The van der Waals surface area contributed by atoms with Gasteiger partial charge in [0.1, 0.15) is 0 Å². The monoisotopic (exact) mass is 932 g/mol. The molecule has 0 spiro atoms. The summed E-state index contributed by atoms with van der Waals surface area (Å²) in [4.78, 5) is 24.5. The lowest BCUT2D eigenvalue weighted by Gasteiger charge is -2.20. The highest BCUT2D eigenvalue weighted by atomic mass is 16.5. The molecule has 0 heterocycles. The number of ether oxygens (including phenoxy) is 1. The van der Waals surface area contributed by atoms with Gasteiger partial charge in [-0.05, 0) is 32.1 Å². The van der Waals surface area contributed by atoms with Crippen molar-refractivity contribution in [2.24, 2.45) is 0 Å². The van der Waals surface area contributed by atoms with Gasteiger partial charge in [0, 0.05) is 12.8 Å². The quantitative estimate of drug-likeness (QED) is 0.0321. The lowest BCUT2D eigenvalue weighted by atomic mass is 10.0. The highest BCUT2D eigenvalue weighted by Crippen LogP contribution is 2.18. The molecule has 0 rings (SSSR count). The Balaban J connectivity index is 3.47. The van der Waals surface area contributed by atoms with Crippen LogP contribution >= 0.6 is 0 Å². The van der Waals surface area contributed by atoms with Gasteiger partial charge in [0.25, 0.3) is 0 Å². The van der Waals surface area contributed by atoms with Gasteiger partial charge in [0.05, 0.1) is 25.4 Å². The van der Waals surface area contributed by atoms with Crippen LogP contribution in [0.15, 0.2) is 12.2 Å². The van der Waals surface area contributed by atoms with Crippen LogP contribution in [0.3, 0.4) is 0 Å². The number of hydrogen-bond donors (Lipinski definition) is 3. The molecule has 0 bridgehead atoms. The van der Waals surface area contributed by atoms with Crippen molar-refractivity contribution < 1.29 is 24.5 Å². The molecule has 2 atom stereocenters. The zero-order valence-corrected chi connectivity index (χ0v) is 44.7. The fourth-order valence-electron chi connectivity index (χ4n) is 9.46. The molecule has 0 fully saturated rings. The van der Waals surface area contributed by atoms with Gasteiger partial charge < -0.3 is 20.3 Å². The molecule has 0 aliphatic heterocycles. The summed E-state index contributed by atoms with van der Waals surface area (Å²) in [7, 11) is 0. The lowest BCUT2D eigenvalue weighted by Crippen LogP contribution is -2.45. The summed E-state index contributed by atoms with van der Waals surface area (Å²) >= 11 is 0. The van der Waals surface area contributed by atoms with Gasteiger partial charge in [-0.1, -0.05) is 302 Å². The molecule has 66 heavy (non-hydrogen) atoms. The van der Waals surface area contributed by atoms with Gasteiger partial charge in [0.15, 0.2) is 0 Å². The number of allylic oxidation sites excluding steroid dienone is 1. The summed E-state index contributed by atoms with van der Waals surface area (Å²) in [5.41, 5.74) is 0. The van der Waals surface area contributed by atoms with Crippen LogP contribution in [0.2, 0.25) is 0 Å². The fourth-order valence-corrected chi connectivity index (χ4v) is 9.46. The fraction of sp³-hybridized carbons (Fsp3) is 0.933. The van der Waals surface area contributed by atoms with E-state index in [1.807, 2.05) is 6.08 Å². The normalized spacial score (nSPS) is 12.6. The van der Waals surface area contributed by atoms with E-state index in [1.165, 1.54) is 250 Å². The average Bonchev–Trinajstić information content (AvgIpc) is 3.32. The summed E-state index contributed by atoms with van der Waals surface area (Å²) < 4.78 is 5.47. The van der Waals surface area contributed by atoms with E-state index in [0.29, 0.717) is 19.4 Å². The third-order valence-corrected chi connectivity index (χ3v) is 14.1. The molecule has 1 amide bonds. The van der Waals surface area contributed by atoms with Gasteiger partial charge >= 0.3 is 5.97 Å². The molecule has 0 saturated heterocycles. The zero-order valence-electron chi connectivity index (χ0n) is 44.7. The molecule has 6 nitrogen and oxygen atoms in total. The molecular formula is C60H117NO5. The summed E-state index contributed by atoms with van der Waals surface area (Å²) in [6.45, 7) is 4.90. The Kier molecular flexibility index (Phi) is 55.0. The Morgan fingerprint density at radius 1 is 0.409 bits per heavy atom. The van der Waals surface area contributed by atoms with Crippen LogP contribution in [0.5, 0.6) is 0 Å². The number of aliphatic hydroxyl groups excluding tert-OH is 2. The molecule has 0 aliphatic carbocycles.